The van der Waals surface area contributed by atoms with E-state index in [2.05, 4.69) is 15.9 Å². The number of hydrogen-bond donors (Lipinski definition) is 1. The quantitative estimate of drug-likeness (QED) is 0.549. The first kappa shape index (κ1) is 18.1. The van der Waals surface area contributed by atoms with Crippen LogP contribution in [0, 0.1) is 17.5 Å². The van der Waals surface area contributed by atoms with Gasteiger partial charge in [0.1, 0.15) is 11.6 Å². The Hall–Kier alpha value is -2.23. The van der Waals surface area contributed by atoms with Gasteiger partial charge in [0.15, 0.2) is 17.4 Å². The van der Waals surface area contributed by atoms with E-state index in [0.717, 1.165) is 6.07 Å². The standard InChI is InChI=1S/C14H6BrF6NO2/c15-7-3-11(22-5-23)8(16)4-12(7)24-13-9(17)1-6(2-10(13)18)14(19,20)21/h1-5H,(H,22,23). The molecular formula is C14H6BrF6NO2. The Morgan fingerprint density at radius 1 is 1.00 bits per heavy atom. The number of carbonyl (C=O) groups is 1. The lowest BCUT2D eigenvalue weighted by atomic mass is 10.2. The van der Waals surface area contributed by atoms with Crippen molar-refractivity contribution in [2.24, 2.45) is 0 Å². The maximum absolute atomic E-state index is 13.7. The van der Waals surface area contributed by atoms with Crippen molar-refractivity contribution in [1.29, 1.82) is 0 Å². The summed E-state index contributed by atoms with van der Waals surface area (Å²) in [6.45, 7) is 0. The molecular weight excluding hydrogens is 408 g/mol. The summed E-state index contributed by atoms with van der Waals surface area (Å²) in [4.78, 5) is 10.3. The Morgan fingerprint density at radius 3 is 2.08 bits per heavy atom. The van der Waals surface area contributed by atoms with Crippen LogP contribution in [0.25, 0.3) is 0 Å². The molecule has 3 nitrogen and oxygen atoms in total. The van der Waals surface area contributed by atoms with E-state index in [1.165, 1.54) is 0 Å². The number of ether oxygens (including phenoxy) is 1. The van der Waals surface area contributed by atoms with Crippen LogP contribution in [0.5, 0.6) is 11.5 Å². The highest BCUT2D eigenvalue weighted by molar-refractivity contribution is 9.10. The van der Waals surface area contributed by atoms with Gasteiger partial charge in [-0.25, -0.2) is 13.2 Å². The topological polar surface area (TPSA) is 38.3 Å². The van der Waals surface area contributed by atoms with Crippen molar-refractivity contribution in [2.45, 2.75) is 6.18 Å². The number of benzene rings is 2. The summed E-state index contributed by atoms with van der Waals surface area (Å²) in [6.07, 6.45) is -4.73. The van der Waals surface area contributed by atoms with Crippen LogP contribution < -0.4 is 10.1 Å². The molecule has 2 rings (SSSR count). The minimum atomic E-state index is -4.94. The maximum Gasteiger partial charge on any atom is 0.416 e. The van der Waals surface area contributed by atoms with Crippen LogP contribution in [-0.2, 0) is 11.0 Å². The SMILES string of the molecule is O=CNc1cc(Br)c(Oc2c(F)cc(C(F)(F)F)cc2F)cc1F. The lowest BCUT2D eigenvalue weighted by molar-refractivity contribution is -0.138. The van der Waals surface area contributed by atoms with Gasteiger partial charge in [-0.05, 0) is 34.1 Å². The van der Waals surface area contributed by atoms with Gasteiger partial charge < -0.3 is 10.1 Å². The number of carbonyl (C=O) groups excluding carboxylic acids is 1. The minimum absolute atomic E-state index is 0.00643. The third-order valence-corrected chi connectivity index (χ3v) is 3.39. The maximum atomic E-state index is 13.7. The Labute approximate surface area is 139 Å². The molecule has 10 heteroatoms. The summed E-state index contributed by atoms with van der Waals surface area (Å²) in [5.74, 6) is -5.72. The van der Waals surface area contributed by atoms with E-state index < -0.39 is 40.7 Å². The summed E-state index contributed by atoms with van der Waals surface area (Å²) >= 11 is 2.93. The van der Waals surface area contributed by atoms with E-state index in [1.807, 2.05) is 5.32 Å². The van der Waals surface area contributed by atoms with Crippen molar-refractivity contribution in [3.8, 4) is 11.5 Å². The Kier molecular flexibility index (Phi) is 5.07. The predicted molar refractivity (Wildman–Crippen MR) is 75.2 cm³/mol. The molecule has 0 heterocycles. The normalized spacial score (nSPS) is 11.3. The number of amides is 1. The Balaban J connectivity index is 2.42. The van der Waals surface area contributed by atoms with Crippen molar-refractivity contribution in [1.82, 2.24) is 0 Å². The van der Waals surface area contributed by atoms with Crippen LogP contribution in [0.1, 0.15) is 5.56 Å². The first-order chi connectivity index (χ1) is 11.1. The molecule has 0 bridgehead atoms. The molecule has 0 aliphatic heterocycles. The number of nitrogens with one attached hydrogen (secondary N) is 1. The molecule has 0 fully saturated rings. The molecule has 0 aliphatic carbocycles. The van der Waals surface area contributed by atoms with Gasteiger partial charge >= 0.3 is 6.18 Å². The van der Waals surface area contributed by atoms with E-state index in [4.69, 9.17) is 4.74 Å². The molecule has 0 spiro atoms. The zero-order chi connectivity index (χ0) is 18.1. The van der Waals surface area contributed by atoms with Gasteiger partial charge in [0, 0.05) is 6.07 Å². The molecule has 2 aromatic rings. The second-order valence-electron chi connectivity index (χ2n) is 4.39. The highest BCUT2D eigenvalue weighted by Crippen LogP contribution is 2.38. The van der Waals surface area contributed by atoms with Gasteiger partial charge in [0.05, 0.1) is 15.7 Å². The van der Waals surface area contributed by atoms with Crippen molar-refractivity contribution in [3.05, 3.63) is 51.8 Å². The molecule has 0 unspecified atom stereocenters. The van der Waals surface area contributed by atoms with Crippen molar-refractivity contribution in [2.75, 3.05) is 5.32 Å². The lowest BCUT2D eigenvalue weighted by Crippen LogP contribution is -2.07. The minimum Gasteiger partial charge on any atom is -0.450 e. The Morgan fingerprint density at radius 2 is 1.58 bits per heavy atom. The van der Waals surface area contributed by atoms with Gasteiger partial charge in [-0.1, -0.05) is 0 Å². The van der Waals surface area contributed by atoms with Crippen molar-refractivity contribution in [3.63, 3.8) is 0 Å². The molecule has 24 heavy (non-hydrogen) atoms. The number of halogens is 7. The zero-order valence-electron chi connectivity index (χ0n) is 11.3. The monoisotopic (exact) mass is 413 g/mol. The number of anilines is 1. The highest BCUT2D eigenvalue weighted by Gasteiger charge is 2.33. The summed E-state index contributed by atoms with van der Waals surface area (Å²) in [6, 6.07) is 1.88. The average Bonchev–Trinajstić information content (AvgIpc) is 2.46. The van der Waals surface area contributed by atoms with Crippen LogP contribution in [0.4, 0.5) is 32.0 Å². The molecule has 0 radical (unpaired) electrons. The van der Waals surface area contributed by atoms with Crippen LogP contribution in [0.15, 0.2) is 28.7 Å². The number of alkyl halides is 3. The molecule has 0 aliphatic rings. The van der Waals surface area contributed by atoms with Gasteiger partial charge in [-0.2, -0.15) is 13.2 Å². The van der Waals surface area contributed by atoms with E-state index in [0.29, 0.717) is 6.07 Å². The molecule has 0 saturated carbocycles. The van der Waals surface area contributed by atoms with Gasteiger partial charge in [0.2, 0.25) is 6.41 Å². The van der Waals surface area contributed by atoms with Crippen LogP contribution in [0.2, 0.25) is 0 Å². The summed E-state index contributed by atoms with van der Waals surface area (Å²) in [7, 11) is 0. The second-order valence-corrected chi connectivity index (χ2v) is 5.25. The van der Waals surface area contributed by atoms with E-state index in [1.54, 1.807) is 0 Å². The fourth-order valence-electron chi connectivity index (χ4n) is 1.71. The molecule has 0 atom stereocenters. The lowest BCUT2D eigenvalue weighted by Gasteiger charge is -2.13. The van der Waals surface area contributed by atoms with Gasteiger partial charge in [-0.3, -0.25) is 4.79 Å². The fourth-order valence-corrected chi connectivity index (χ4v) is 2.14. The van der Waals surface area contributed by atoms with E-state index >= 15 is 0 Å². The fraction of sp³-hybridized carbons (Fsp3) is 0.0714. The highest BCUT2D eigenvalue weighted by atomic mass is 79.9. The second kappa shape index (κ2) is 6.71. The molecule has 1 N–H and O–H groups in total. The summed E-state index contributed by atoms with van der Waals surface area (Å²) in [5.41, 5.74) is -1.77. The van der Waals surface area contributed by atoms with E-state index in [-0.39, 0.29) is 28.7 Å². The summed E-state index contributed by atoms with van der Waals surface area (Å²) in [5, 5.41) is 2.04. The third-order valence-electron chi connectivity index (χ3n) is 2.77. The van der Waals surface area contributed by atoms with Crippen molar-refractivity contribution >= 4 is 28.0 Å². The first-order valence-electron chi connectivity index (χ1n) is 6.06. The first-order valence-corrected chi connectivity index (χ1v) is 6.86. The largest absolute Gasteiger partial charge is 0.450 e. The van der Waals surface area contributed by atoms with Crippen molar-refractivity contribution < 1.29 is 35.9 Å². The molecule has 1 amide bonds. The molecule has 0 aromatic heterocycles. The van der Waals surface area contributed by atoms with Crippen LogP contribution in [-0.4, -0.2) is 6.41 Å². The zero-order valence-corrected chi connectivity index (χ0v) is 12.9. The molecule has 128 valence electrons. The van der Waals surface area contributed by atoms with E-state index in [9.17, 15) is 31.1 Å². The van der Waals surface area contributed by atoms with Crippen LogP contribution in [0.3, 0.4) is 0 Å². The number of hydrogen-bond acceptors (Lipinski definition) is 2. The Bertz CT molecular complexity index is 771. The average molecular weight is 414 g/mol. The summed E-state index contributed by atoms with van der Waals surface area (Å²) < 4.78 is 83.4. The smallest absolute Gasteiger partial charge is 0.416 e. The third kappa shape index (κ3) is 3.81. The van der Waals surface area contributed by atoms with Gasteiger partial charge in [-0.15, -0.1) is 0 Å². The molecule has 0 saturated heterocycles. The number of rotatable bonds is 4. The molecule has 2 aromatic carbocycles. The van der Waals surface area contributed by atoms with Crippen LogP contribution >= 0.6 is 15.9 Å². The predicted octanol–water partition coefficient (Wildman–Crippen LogP) is 5.25. The van der Waals surface area contributed by atoms with Gasteiger partial charge in [0.25, 0.3) is 0 Å².